The number of hydrogen-bond acceptors (Lipinski definition) is 5. The number of rotatable bonds is 5. The Balaban J connectivity index is 1.40. The van der Waals surface area contributed by atoms with Crippen LogP contribution in [0, 0.1) is 5.92 Å². The summed E-state index contributed by atoms with van der Waals surface area (Å²) in [5, 5.41) is 5.57. The number of aryl methyl sites for hydroxylation is 1. The summed E-state index contributed by atoms with van der Waals surface area (Å²) in [6, 6.07) is 7.80. The summed E-state index contributed by atoms with van der Waals surface area (Å²) in [7, 11) is 0. The molecule has 2 aliphatic heterocycles. The smallest absolute Gasteiger partial charge is 0.410 e. The second-order valence-corrected chi connectivity index (χ2v) is 9.29. The van der Waals surface area contributed by atoms with Crippen molar-refractivity contribution in [2.75, 3.05) is 18.4 Å². The number of likely N-dealkylation sites (tertiary alicyclic amines) is 1. The van der Waals surface area contributed by atoms with Crippen LogP contribution in [0.5, 0.6) is 0 Å². The highest BCUT2D eigenvalue weighted by molar-refractivity contribution is 6.01. The number of hydrogen-bond donors (Lipinski definition) is 2. The normalized spacial score (nSPS) is 20.6. The topological polar surface area (TPSA) is 87.7 Å². The lowest BCUT2D eigenvalue weighted by atomic mass is 9.90. The predicted octanol–water partition coefficient (Wildman–Crippen LogP) is 3.48. The van der Waals surface area contributed by atoms with Gasteiger partial charge in [-0.15, -0.1) is 0 Å². The fourth-order valence-electron chi connectivity index (χ4n) is 3.90. The molecule has 1 unspecified atom stereocenters. The highest BCUT2D eigenvalue weighted by Gasteiger charge is 2.27. The molecule has 1 aromatic rings. The Morgan fingerprint density at radius 2 is 1.80 bits per heavy atom. The minimum absolute atomic E-state index is 0.203. The van der Waals surface area contributed by atoms with E-state index >= 15 is 0 Å². The molecule has 0 saturated carbocycles. The van der Waals surface area contributed by atoms with E-state index in [0.717, 1.165) is 44.5 Å². The van der Waals surface area contributed by atoms with Gasteiger partial charge in [0.15, 0.2) is 0 Å². The van der Waals surface area contributed by atoms with Crippen LogP contribution in [-0.2, 0) is 20.7 Å². The van der Waals surface area contributed by atoms with E-state index in [1.54, 1.807) is 0 Å². The third kappa shape index (κ3) is 6.47. The molecule has 2 saturated heterocycles. The first-order valence-electron chi connectivity index (χ1n) is 10.9. The van der Waals surface area contributed by atoms with Gasteiger partial charge in [-0.05, 0) is 76.5 Å². The van der Waals surface area contributed by atoms with Gasteiger partial charge in [-0.2, -0.15) is 0 Å². The van der Waals surface area contributed by atoms with Crippen molar-refractivity contribution in [3.63, 3.8) is 0 Å². The number of carbonyl (C=O) groups is 3. The van der Waals surface area contributed by atoms with Crippen molar-refractivity contribution in [2.45, 2.75) is 70.9 Å². The molecule has 164 valence electrons. The molecule has 2 heterocycles. The van der Waals surface area contributed by atoms with Gasteiger partial charge in [0.05, 0.1) is 0 Å². The molecule has 2 aliphatic rings. The van der Waals surface area contributed by atoms with Crippen molar-refractivity contribution in [3.05, 3.63) is 29.8 Å². The Morgan fingerprint density at radius 1 is 1.13 bits per heavy atom. The summed E-state index contributed by atoms with van der Waals surface area (Å²) >= 11 is 0. The predicted molar refractivity (Wildman–Crippen MR) is 115 cm³/mol. The number of imide groups is 1. The fourth-order valence-corrected chi connectivity index (χ4v) is 3.90. The maximum absolute atomic E-state index is 12.2. The highest BCUT2D eigenvalue weighted by Crippen LogP contribution is 2.24. The number of benzene rings is 1. The molecule has 0 aliphatic carbocycles. The van der Waals surface area contributed by atoms with Crippen LogP contribution in [-0.4, -0.2) is 47.5 Å². The first kappa shape index (κ1) is 22.1. The average molecular weight is 416 g/mol. The number of amides is 3. The molecular formula is C23H33N3O4. The summed E-state index contributed by atoms with van der Waals surface area (Å²) in [5.41, 5.74) is 1.70. The second kappa shape index (κ2) is 9.49. The van der Waals surface area contributed by atoms with Crippen molar-refractivity contribution in [1.82, 2.24) is 10.2 Å². The first-order chi connectivity index (χ1) is 14.2. The molecule has 3 amide bonds. The molecular weight excluding hydrogens is 382 g/mol. The largest absolute Gasteiger partial charge is 0.444 e. The van der Waals surface area contributed by atoms with Gasteiger partial charge in [-0.1, -0.05) is 12.1 Å². The summed E-state index contributed by atoms with van der Waals surface area (Å²) in [4.78, 5) is 37.1. The van der Waals surface area contributed by atoms with Crippen LogP contribution in [0.4, 0.5) is 10.5 Å². The molecule has 30 heavy (non-hydrogen) atoms. The zero-order chi connectivity index (χ0) is 21.7. The molecule has 3 rings (SSSR count). The number of nitrogens with zero attached hydrogens (tertiary/aromatic N) is 1. The SMILES string of the molecule is CC(C)(C)OC(=O)N1CCC(CCc2ccc(NC3CCC(=O)NC3=O)cc2)CC1. The van der Waals surface area contributed by atoms with Crippen LogP contribution < -0.4 is 10.6 Å². The molecule has 7 heteroatoms. The lowest BCUT2D eigenvalue weighted by Gasteiger charge is -2.33. The molecule has 0 bridgehead atoms. The van der Waals surface area contributed by atoms with E-state index in [1.807, 2.05) is 37.8 Å². The third-order valence-corrected chi connectivity index (χ3v) is 5.64. The molecule has 2 N–H and O–H groups in total. The van der Waals surface area contributed by atoms with Crippen molar-refractivity contribution in [2.24, 2.45) is 5.92 Å². The van der Waals surface area contributed by atoms with Crippen LogP contribution in [0.2, 0.25) is 0 Å². The van der Waals surface area contributed by atoms with E-state index in [1.165, 1.54) is 5.56 Å². The Kier molecular flexibility index (Phi) is 7.00. The monoisotopic (exact) mass is 415 g/mol. The summed E-state index contributed by atoms with van der Waals surface area (Å²) < 4.78 is 5.46. The van der Waals surface area contributed by atoms with Crippen LogP contribution in [0.15, 0.2) is 24.3 Å². The van der Waals surface area contributed by atoms with Crippen LogP contribution in [0.25, 0.3) is 0 Å². The molecule has 0 aromatic heterocycles. The van der Waals surface area contributed by atoms with E-state index < -0.39 is 5.60 Å². The Bertz CT molecular complexity index is 762. The second-order valence-electron chi connectivity index (χ2n) is 9.29. The molecule has 0 radical (unpaired) electrons. The van der Waals surface area contributed by atoms with Gasteiger partial charge in [-0.25, -0.2) is 4.79 Å². The van der Waals surface area contributed by atoms with Crippen molar-refractivity contribution >= 4 is 23.6 Å². The number of anilines is 1. The average Bonchev–Trinajstić information content (AvgIpc) is 2.68. The maximum atomic E-state index is 12.2. The van der Waals surface area contributed by atoms with Gasteiger partial charge in [-0.3, -0.25) is 14.9 Å². The van der Waals surface area contributed by atoms with E-state index in [9.17, 15) is 14.4 Å². The van der Waals surface area contributed by atoms with Gasteiger partial charge in [0.1, 0.15) is 11.6 Å². The van der Waals surface area contributed by atoms with Gasteiger partial charge in [0, 0.05) is 25.2 Å². The minimum Gasteiger partial charge on any atom is -0.444 e. The fraction of sp³-hybridized carbons (Fsp3) is 0.609. The zero-order valence-electron chi connectivity index (χ0n) is 18.2. The summed E-state index contributed by atoms with van der Waals surface area (Å²) in [6.45, 7) is 7.19. The third-order valence-electron chi connectivity index (χ3n) is 5.64. The Labute approximate surface area is 178 Å². The van der Waals surface area contributed by atoms with E-state index in [-0.39, 0.29) is 23.9 Å². The van der Waals surface area contributed by atoms with Crippen molar-refractivity contribution in [3.8, 4) is 0 Å². The van der Waals surface area contributed by atoms with Crippen LogP contribution in [0.1, 0.15) is 58.4 Å². The highest BCUT2D eigenvalue weighted by atomic mass is 16.6. The van der Waals surface area contributed by atoms with Gasteiger partial charge >= 0.3 is 6.09 Å². The molecule has 1 atom stereocenters. The number of nitrogens with one attached hydrogen (secondary N) is 2. The lowest BCUT2D eigenvalue weighted by molar-refractivity contribution is -0.133. The van der Waals surface area contributed by atoms with Gasteiger partial charge < -0.3 is 15.0 Å². The summed E-state index contributed by atoms with van der Waals surface area (Å²) in [6.07, 6.45) is 4.79. The lowest BCUT2D eigenvalue weighted by Crippen LogP contribution is -2.47. The van der Waals surface area contributed by atoms with E-state index in [2.05, 4.69) is 22.8 Å². The number of ether oxygens (including phenoxy) is 1. The maximum Gasteiger partial charge on any atom is 0.410 e. The molecule has 1 aromatic carbocycles. The zero-order valence-corrected chi connectivity index (χ0v) is 18.2. The van der Waals surface area contributed by atoms with Crippen molar-refractivity contribution in [1.29, 1.82) is 0 Å². The van der Waals surface area contributed by atoms with Crippen LogP contribution >= 0.6 is 0 Å². The molecule has 7 nitrogen and oxygen atoms in total. The van der Waals surface area contributed by atoms with E-state index in [0.29, 0.717) is 18.8 Å². The number of piperidine rings is 2. The van der Waals surface area contributed by atoms with Gasteiger partial charge in [0.2, 0.25) is 11.8 Å². The quantitative estimate of drug-likeness (QED) is 0.719. The standard InChI is InChI=1S/C23H33N3O4/c1-23(2,3)30-22(29)26-14-12-17(13-15-26)5-4-16-6-8-18(9-7-16)24-19-10-11-20(27)25-21(19)28/h6-9,17,19,24H,4-5,10-15H2,1-3H3,(H,25,27,28). The van der Waals surface area contributed by atoms with E-state index in [4.69, 9.17) is 4.74 Å². The van der Waals surface area contributed by atoms with Crippen molar-refractivity contribution < 1.29 is 19.1 Å². The van der Waals surface area contributed by atoms with Gasteiger partial charge in [0.25, 0.3) is 0 Å². The van der Waals surface area contributed by atoms with Crippen LogP contribution in [0.3, 0.4) is 0 Å². The molecule has 2 fully saturated rings. The summed E-state index contributed by atoms with van der Waals surface area (Å²) in [5.74, 6) is 0.156. The Hall–Kier alpha value is -2.57. The molecule has 0 spiro atoms. The Morgan fingerprint density at radius 3 is 2.40 bits per heavy atom. The minimum atomic E-state index is -0.451. The first-order valence-corrected chi connectivity index (χ1v) is 10.9. The number of carbonyl (C=O) groups excluding carboxylic acids is 3.